The Kier molecular flexibility index (Phi) is 4.36. The second kappa shape index (κ2) is 5.71. The molecule has 0 bridgehead atoms. The van der Waals surface area contributed by atoms with Crippen LogP contribution in [-0.2, 0) is 17.1 Å². The minimum absolute atomic E-state index is 0.0668. The van der Waals surface area contributed by atoms with Crippen molar-refractivity contribution >= 4 is 15.8 Å². The summed E-state index contributed by atoms with van der Waals surface area (Å²) in [5.74, 6) is 0.657. The highest BCUT2D eigenvalue weighted by Gasteiger charge is 2.31. The second-order valence-electron chi connectivity index (χ2n) is 5.65. The molecule has 1 fully saturated rings. The van der Waals surface area contributed by atoms with Crippen molar-refractivity contribution in [2.75, 3.05) is 38.5 Å². The third-order valence-corrected chi connectivity index (χ3v) is 5.31. The Balaban J connectivity index is 2.08. The topological polar surface area (TPSA) is 84.5 Å². The third-order valence-electron chi connectivity index (χ3n) is 3.39. The Labute approximate surface area is 120 Å². The van der Waals surface area contributed by atoms with Crippen LogP contribution in [0.1, 0.15) is 13.8 Å². The minimum atomic E-state index is -3.53. The number of nitrogens with two attached hydrogens (primary N) is 1. The summed E-state index contributed by atoms with van der Waals surface area (Å²) in [7, 11) is -1.86. The summed E-state index contributed by atoms with van der Waals surface area (Å²) in [5, 5.41) is 3.90. The predicted molar refractivity (Wildman–Crippen MR) is 77.7 cm³/mol. The lowest BCUT2D eigenvalue weighted by Crippen LogP contribution is -2.49. The van der Waals surface area contributed by atoms with E-state index < -0.39 is 10.0 Å². The smallest absolute Gasteiger partial charge is 0.248 e. The number of aromatic nitrogens is 2. The molecule has 1 aromatic heterocycles. The molecule has 0 radical (unpaired) electrons. The van der Waals surface area contributed by atoms with E-state index in [2.05, 4.69) is 23.8 Å². The molecule has 0 saturated carbocycles. The highest BCUT2D eigenvalue weighted by Crippen LogP contribution is 2.22. The summed E-state index contributed by atoms with van der Waals surface area (Å²) in [4.78, 5) is 2.40. The zero-order valence-electron chi connectivity index (χ0n) is 12.3. The maximum Gasteiger partial charge on any atom is 0.248 e. The fraction of sp³-hybridized carbons (Fsp3) is 0.750. The number of sulfonamides is 1. The summed E-state index contributed by atoms with van der Waals surface area (Å²) < 4.78 is 28.0. The van der Waals surface area contributed by atoms with E-state index in [-0.39, 0.29) is 10.7 Å². The van der Waals surface area contributed by atoms with Crippen molar-refractivity contribution in [3.05, 3.63) is 6.20 Å². The zero-order valence-corrected chi connectivity index (χ0v) is 13.1. The minimum Gasteiger partial charge on any atom is -0.381 e. The Morgan fingerprint density at radius 2 is 1.90 bits per heavy atom. The van der Waals surface area contributed by atoms with E-state index in [4.69, 9.17) is 5.73 Å². The summed E-state index contributed by atoms with van der Waals surface area (Å²) >= 11 is 0. The van der Waals surface area contributed by atoms with E-state index in [9.17, 15) is 8.42 Å². The van der Waals surface area contributed by atoms with Crippen LogP contribution in [0.25, 0.3) is 0 Å². The first-order valence-corrected chi connectivity index (χ1v) is 8.26. The molecule has 7 nitrogen and oxygen atoms in total. The van der Waals surface area contributed by atoms with E-state index in [1.807, 2.05) is 0 Å². The number of aryl methyl sites for hydroxylation is 1. The predicted octanol–water partition coefficient (Wildman–Crippen LogP) is -0.0354. The van der Waals surface area contributed by atoms with Crippen molar-refractivity contribution in [2.45, 2.75) is 18.7 Å². The molecule has 1 aliphatic heterocycles. The Morgan fingerprint density at radius 1 is 1.30 bits per heavy atom. The molecule has 2 rings (SSSR count). The first-order valence-electron chi connectivity index (χ1n) is 6.82. The quantitative estimate of drug-likeness (QED) is 0.844. The molecule has 0 amide bonds. The first kappa shape index (κ1) is 15.3. The van der Waals surface area contributed by atoms with Crippen LogP contribution in [0, 0.1) is 5.92 Å². The van der Waals surface area contributed by atoms with Gasteiger partial charge >= 0.3 is 0 Å². The number of piperazine rings is 1. The number of anilines is 1. The Hall–Kier alpha value is -1.12. The van der Waals surface area contributed by atoms with Gasteiger partial charge in [-0.3, -0.25) is 4.68 Å². The molecule has 2 heterocycles. The van der Waals surface area contributed by atoms with Crippen molar-refractivity contribution in [2.24, 2.45) is 13.0 Å². The monoisotopic (exact) mass is 301 g/mol. The van der Waals surface area contributed by atoms with Crippen LogP contribution in [0.15, 0.2) is 11.1 Å². The van der Waals surface area contributed by atoms with Gasteiger partial charge in [0.2, 0.25) is 10.0 Å². The van der Waals surface area contributed by atoms with E-state index in [1.165, 1.54) is 15.2 Å². The first-order chi connectivity index (χ1) is 9.30. The Bertz CT molecular complexity index is 558. The molecule has 0 spiro atoms. The average Bonchev–Trinajstić information content (AvgIpc) is 2.69. The van der Waals surface area contributed by atoms with Gasteiger partial charge in [0.25, 0.3) is 0 Å². The Morgan fingerprint density at radius 3 is 2.35 bits per heavy atom. The van der Waals surface area contributed by atoms with E-state index >= 15 is 0 Å². The van der Waals surface area contributed by atoms with Crippen molar-refractivity contribution in [3.8, 4) is 0 Å². The number of rotatable bonds is 4. The van der Waals surface area contributed by atoms with E-state index in [1.54, 1.807) is 7.05 Å². The maximum absolute atomic E-state index is 12.5. The molecule has 1 aromatic rings. The summed E-state index contributed by atoms with van der Waals surface area (Å²) in [6, 6.07) is 0. The maximum atomic E-state index is 12.5. The zero-order chi connectivity index (χ0) is 14.9. The number of nitrogen functional groups attached to an aromatic ring is 1. The lowest BCUT2D eigenvalue weighted by Gasteiger charge is -2.34. The van der Waals surface area contributed by atoms with Crippen molar-refractivity contribution in [1.29, 1.82) is 0 Å². The van der Waals surface area contributed by atoms with E-state index in [0.717, 1.165) is 19.6 Å². The van der Waals surface area contributed by atoms with E-state index in [0.29, 0.717) is 19.0 Å². The summed E-state index contributed by atoms with van der Waals surface area (Å²) in [6.45, 7) is 7.86. The number of hydrogen-bond acceptors (Lipinski definition) is 5. The van der Waals surface area contributed by atoms with Gasteiger partial charge in [0.15, 0.2) is 5.82 Å². The lowest BCUT2D eigenvalue weighted by atomic mass is 10.2. The molecule has 0 aliphatic carbocycles. The van der Waals surface area contributed by atoms with Crippen LogP contribution in [0.3, 0.4) is 0 Å². The van der Waals surface area contributed by atoms with Gasteiger partial charge in [-0.05, 0) is 5.92 Å². The van der Waals surface area contributed by atoms with Crippen molar-refractivity contribution in [1.82, 2.24) is 19.0 Å². The van der Waals surface area contributed by atoms with Gasteiger partial charge in [-0.15, -0.1) is 0 Å². The second-order valence-corrected chi connectivity index (χ2v) is 7.56. The molecule has 0 aromatic carbocycles. The average molecular weight is 301 g/mol. The van der Waals surface area contributed by atoms with Crippen LogP contribution < -0.4 is 5.73 Å². The van der Waals surface area contributed by atoms with Crippen LogP contribution >= 0.6 is 0 Å². The summed E-state index contributed by atoms with van der Waals surface area (Å²) in [5.41, 5.74) is 5.68. The van der Waals surface area contributed by atoms with Gasteiger partial charge in [-0.25, -0.2) is 8.42 Å². The normalized spacial score (nSPS) is 18.8. The molecular weight excluding hydrogens is 278 g/mol. The third kappa shape index (κ3) is 3.13. The largest absolute Gasteiger partial charge is 0.381 e. The lowest BCUT2D eigenvalue weighted by molar-refractivity contribution is 0.172. The fourth-order valence-electron chi connectivity index (χ4n) is 2.49. The van der Waals surface area contributed by atoms with Crippen molar-refractivity contribution in [3.63, 3.8) is 0 Å². The van der Waals surface area contributed by atoms with Crippen molar-refractivity contribution < 1.29 is 8.42 Å². The number of hydrogen-bond donors (Lipinski definition) is 1. The molecule has 8 heteroatoms. The molecule has 1 saturated heterocycles. The molecule has 1 aliphatic rings. The standard InChI is InChI=1S/C12H23N5O2S/c1-10(2)8-16-4-6-17(7-5-16)20(18,19)11-9-15(3)14-12(11)13/h9-10H,4-8H2,1-3H3,(H2,13,14). The highest BCUT2D eigenvalue weighted by molar-refractivity contribution is 7.89. The van der Waals surface area contributed by atoms with Gasteiger partial charge in [0.05, 0.1) is 0 Å². The van der Waals surface area contributed by atoms with Crippen LogP contribution in [-0.4, -0.2) is 60.1 Å². The molecule has 20 heavy (non-hydrogen) atoms. The van der Waals surface area contributed by atoms with Gasteiger partial charge in [-0.2, -0.15) is 9.40 Å². The van der Waals surface area contributed by atoms with Gasteiger partial charge < -0.3 is 10.6 Å². The number of nitrogens with zero attached hydrogens (tertiary/aromatic N) is 4. The molecule has 0 atom stereocenters. The van der Waals surface area contributed by atoms with Gasteiger partial charge in [0.1, 0.15) is 4.90 Å². The van der Waals surface area contributed by atoms with Crippen LogP contribution in [0.5, 0.6) is 0 Å². The highest BCUT2D eigenvalue weighted by atomic mass is 32.2. The molecule has 2 N–H and O–H groups in total. The van der Waals surface area contributed by atoms with Crippen LogP contribution in [0.4, 0.5) is 5.82 Å². The van der Waals surface area contributed by atoms with Gasteiger partial charge in [-0.1, -0.05) is 13.8 Å². The SMILES string of the molecule is CC(C)CN1CCN(S(=O)(=O)c2cn(C)nc2N)CC1. The molecule has 0 unspecified atom stereocenters. The summed E-state index contributed by atoms with van der Waals surface area (Å²) in [6.07, 6.45) is 1.46. The molecular formula is C12H23N5O2S. The molecule has 114 valence electrons. The fourth-order valence-corrected chi connectivity index (χ4v) is 4.00. The van der Waals surface area contributed by atoms with Gasteiger partial charge in [0, 0.05) is 46.0 Å². The van der Waals surface area contributed by atoms with Crippen LogP contribution in [0.2, 0.25) is 0 Å².